The van der Waals surface area contributed by atoms with Crippen LogP contribution >= 0.6 is 0 Å². The van der Waals surface area contributed by atoms with Gasteiger partial charge in [0, 0.05) is 35.9 Å². The predicted octanol–water partition coefficient (Wildman–Crippen LogP) is 6.08. The minimum atomic E-state index is -3.67. The Morgan fingerprint density at radius 3 is 1.49 bits per heavy atom. The lowest BCUT2D eigenvalue weighted by molar-refractivity contribution is 0.243. The van der Waals surface area contributed by atoms with Crippen LogP contribution in [-0.2, 0) is 20.2 Å². The van der Waals surface area contributed by atoms with Crippen LogP contribution in [0.25, 0.3) is 22.6 Å². The van der Waals surface area contributed by atoms with Crippen LogP contribution in [-0.4, -0.2) is 73.3 Å². The zero-order valence-corrected chi connectivity index (χ0v) is 29.9. The van der Waals surface area contributed by atoms with E-state index in [1.807, 2.05) is 86.6 Å². The molecule has 270 valence electrons. The third-order valence-corrected chi connectivity index (χ3v) is 6.06. The van der Waals surface area contributed by atoms with Crippen LogP contribution < -0.4 is 20.1 Å². The Bertz CT molecular complexity index is 2110. The first-order valence-corrected chi connectivity index (χ1v) is 18.6. The first-order chi connectivity index (χ1) is 23.9. The molecule has 15 nitrogen and oxygen atoms in total. The highest BCUT2D eigenvalue weighted by Gasteiger charge is 2.17. The van der Waals surface area contributed by atoms with Crippen molar-refractivity contribution in [2.75, 3.05) is 30.3 Å². The third-order valence-electron chi connectivity index (χ3n) is 6.06. The molecule has 5 aromatic rings. The van der Waals surface area contributed by atoms with E-state index in [9.17, 15) is 16.8 Å². The number of anilines is 2. The minimum Gasteiger partial charge on any atom is -0.496 e. The number of aromatic nitrogens is 2. The summed E-state index contributed by atoms with van der Waals surface area (Å²) in [7, 11) is -5.74. The van der Waals surface area contributed by atoms with Gasteiger partial charge in [0.2, 0.25) is 0 Å². The van der Waals surface area contributed by atoms with Crippen molar-refractivity contribution in [3.8, 4) is 34.1 Å². The van der Waals surface area contributed by atoms with Gasteiger partial charge in [-0.1, -0.05) is 12.1 Å². The fraction of sp³-hybridized carbons (Fsp3) is 0.176. The molecule has 0 aliphatic heterocycles. The third kappa shape index (κ3) is 14.0. The van der Waals surface area contributed by atoms with Crippen molar-refractivity contribution >= 4 is 43.3 Å². The molecule has 0 atom stereocenters. The molecule has 3 heterocycles. The number of amidine groups is 2. The van der Waals surface area contributed by atoms with E-state index in [1.165, 1.54) is 0 Å². The topological polar surface area (TPSA) is 238 Å². The van der Waals surface area contributed by atoms with E-state index in [2.05, 4.69) is 20.6 Å². The van der Waals surface area contributed by atoms with E-state index < -0.39 is 20.2 Å². The summed E-state index contributed by atoms with van der Waals surface area (Å²) in [5, 5.41) is 22.8. The summed E-state index contributed by atoms with van der Waals surface area (Å²) in [5.74, 6) is 2.84. The number of hydrogen-bond donors (Lipinski definition) is 6. The van der Waals surface area contributed by atoms with E-state index in [1.54, 1.807) is 31.6 Å². The second-order valence-electron chi connectivity index (χ2n) is 10.9. The monoisotopic (exact) mass is 738 g/mol. The lowest BCUT2D eigenvalue weighted by Crippen LogP contribution is -2.14. The number of pyridine rings is 2. The van der Waals surface area contributed by atoms with Crippen molar-refractivity contribution in [1.82, 2.24) is 9.97 Å². The van der Waals surface area contributed by atoms with Crippen molar-refractivity contribution < 1.29 is 39.8 Å². The minimum absolute atomic E-state index is 0.0707. The Balaban J connectivity index is 0.000000619. The van der Waals surface area contributed by atoms with E-state index in [4.69, 9.17) is 33.8 Å². The summed E-state index contributed by atoms with van der Waals surface area (Å²) in [6, 6.07) is 25.8. The van der Waals surface area contributed by atoms with Crippen LogP contribution in [0.15, 0.2) is 102 Å². The molecule has 0 saturated carbocycles. The second kappa shape index (κ2) is 17.9. The molecule has 5 rings (SSSR count). The Labute approximate surface area is 296 Å². The molecule has 0 bridgehead atoms. The number of furan rings is 1. The summed E-state index contributed by atoms with van der Waals surface area (Å²) in [4.78, 5) is 8.44. The molecule has 0 radical (unpaired) electrons. The van der Waals surface area contributed by atoms with Gasteiger partial charge in [-0.3, -0.25) is 29.9 Å². The molecule has 0 aliphatic rings. The predicted molar refractivity (Wildman–Crippen MR) is 196 cm³/mol. The largest absolute Gasteiger partial charge is 0.496 e. The van der Waals surface area contributed by atoms with Crippen molar-refractivity contribution in [3.63, 3.8) is 0 Å². The molecule has 0 saturated heterocycles. The van der Waals surface area contributed by atoms with Crippen LogP contribution in [0.4, 0.5) is 11.4 Å². The molecule has 6 N–H and O–H groups in total. The van der Waals surface area contributed by atoms with Crippen LogP contribution in [0.2, 0.25) is 0 Å². The highest BCUT2D eigenvalue weighted by molar-refractivity contribution is 7.85. The highest BCUT2D eigenvalue weighted by atomic mass is 32.2. The van der Waals surface area contributed by atoms with Crippen molar-refractivity contribution in [3.05, 3.63) is 109 Å². The lowest BCUT2D eigenvalue weighted by atomic mass is 10.1. The molecule has 17 heteroatoms. The Morgan fingerprint density at radius 1 is 0.706 bits per heavy atom. The number of methoxy groups -OCH3 is 1. The van der Waals surface area contributed by atoms with Gasteiger partial charge in [-0.25, -0.2) is 0 Å². The average Bonchev–Trinajstić information content (AvgIpc) is 3.53. The Kier molecular flexibility index (Phi) is 13.9. The Morgan fingerprint density at radius 2 is 1.12 bits per heavy atom. The summed E-state index contributed by atoms with van der Waals surface area (Å²) >= 11 is 0. The normalized spacial score (nSPS) is 10.9. The Hall–Kier alpha value is -5.62. The molecule has 0 unspecified atom stereocenters. The molecule has 3 aromatic heterocycles. The van der Waals surface area contributed by atoms with Crippen LogP contribution in [0.3, 0.4) is 0 Å². The standard InChI is InChI=1S/C32H30N6O3.2CH4O3S/c1-20(2)40-30-19-22(38-32(34)26-9-5-7-17-36-26)11-13-24(30)28-15-14-27(41-28)23-12-10-21(18-29(23)39-3)37-31(33)25-8-4-6-16-35-25;2*1-5(2,3)4/h4-20H,1-3H3,(H2,33,37)(H2,34,38);2*1H3,(H,2,3,4). The van der Waals surface area contributed by atoms with Crippen molar-refractivity contribution in [2.24, 2.45) is 0 Å². The molecule has 0 fully saturated rings. The summed E-state index contributed by atoms with van der Waals surface area (Å²) in [6.07, 6.45) is 4.67. The molecular formula is C34H38N6O9S2. The van der Waals surface area contributed by atoms with Gasteiger partial charge in [0.1, 0.15) is 46.1 Å². The highest BCUT2D eigenvalue weighted by Crippen LogP contribution is 2.39. The van der Waals surface area contributed by atoms with Gasteiger partial charge in [0.05, 0.1) is 36.9 Å². The number of benzene rings is 2. The number of nitrogens with zero attached hydrogens (tertiary/aromatic N) is 2. The number of rotatable bonds is 9. The maximum atomic E-state index is 9.19. The van der Waals surface area contributed by atoms with E-state index in [0.29, 0.717) is 58.3 Å². The zero-order valence-electron chi connectivity index (χ0n) is 28.3. The second-order valence-corrected chi connectivity index (χ2v) is 13.8. The van der Waals surface area contributed by atoms with Gasteiger partial charge in [0.15, 0.2) is 0 Å². The summed E-state index contributed by atoms with van der Waals surface area (Å²) < 4.78 is 69.8. The van der Waals surface area contributed by atoms with Gasteiger partial charge < -0.3 is 24.5 Å². The maximum Gasteiger partial charge on any atom is 0.261 e. The first kappa shape index (κ1) is 39.8. The smallest absolute Gasteiger partial charge is 0.261 e. The fourth-order valence-corrected chi connectivity index (χ4v) is 4.19. The van der Waals surface area contributed by atoms with Gasteiger partial charge in [0.25, 0.3) is 20.2 Å². The van der Waals surface area contributed by atoms with Crippen LogP contribution in [0.5, 0.6) is 11.5 Å². The molecule has 0 spiro atoms. The number of hydrogen-bond acceptors (Lipinski definition) is 11. The summed E-state index contributed by atoms with van der Waals surface area (Å²) in [5.41, 5.74) is 4.03. The molecule has 51 heavy (non-hydrogen) atoms. The van der Waals surface area contributed by atoms with Gasteiger partial charge >= 0.3 is 0 Å². The molecular weight excluding hydrogens is 701 g/mol. The zero-order chi connectivity index (χ0) is 37.8. The fourth-order valence-electron chi connectivity index (χ4n) is 4.19. The van der Waals surface area contributed by atoms with Gasteiger partial charge in [-0.05, 0) is 74.5 Å². The summed E-state index contributed by atoms with van der Waals surface area (Å²) in [6.45, 7) is 3.92. The van der Waals surface area contributed by atoms with Crippen molar-refractivity contribution in [2.45, 2.75) is 20.0 Å². The van der Waals surface area contributed by atoms with Crippen molar-refractivity contribution in [1.29, 1.82) is 10.8 Å². The lowest BCUT2D eigenvalue weighted by Gasteiger charge is -2.16. The van der Waals surface area contributed by atoms with Gasteiger partial charge in [-0.15, -0.1) is 0 Å². The number of nitrogens with one attached hydrogen (secondary N) is 4. The first-order valence-electron chi connectivity index (χ1n) is 14.9. The van der Waals surface area contributed by atoms with E-state index in [0.717, 1.165) is 11.1 Å². The van der Waals surface area contributed by atoms with Gasteiger partial charge in [-0.2, -0.15) is 16.8 Å². The van der Waals surface area contributed by atoms with Crippen LogP contribution in [0.1, 0.15) is 25.2 Å². The maximum absolute atomic E-state index is 9.19. The van der Waals surface area contributed by atoms with E-state index >= 15 is 0 Å². The molecule has 0 amide bonds. The average molecular weight is 739 g/mol. The van der Waals surface area contributed by atoms with E-state index in [-0.39, 0.29) is 17.8 Å². The van der Waals surface area contributed by atoms with Crippen LogP contribution in [0, 0.1) is 10.8 Å². The molecule has 2 aromatic carbocycles. The number of ether oxygens (including phenoxy) is 2. The quantitative estimate of drug-likeness (QED) is 0.0572. The SMILES string of the molecule is COc1cc(NC(=N)c2ccccn2)ccc1-c1ccc(-c2ccc(NC(=N)c3ccccn3)cc2OC(C)C)o1.CS(=O)(=O)O.CS(=O)(=O)O. The molecule has 0 aliphatic carbocycles.